The molecule has 1 aromatic rings. The number of hydrogen-bond acceptors (Lipinski definition) is 3. The Labute approximate surface area is 124 Å². The largest absolute Gasteiger partial charge is 0.479 e. The van der Waals surface area contributed by atoms with Gasteiger partial charge in [0, 0.05) is 12.7 Å². The Balaban J connectivity index is 2.09. The Bertz CT molecular complexity index is 541. The molecule has 0 spiro atoms. The quantitative estimate of drug-likeness (QED) is 0.925. The van der Waals surface area contributed by atoms with Gasteiger partial charge in [-0.3, -0.25) is 4.79 Å². The fourth-order valence-corrected chi connectivity index (χ4v) is 2.44. The molecule has 5 nitrogen and oxygen atoms in total. The highest BCUT2D eigenvalue weighted by Crippen LogP contribution is 2.25. The minimum Gasteiger partial charge on any atom is -0.479 e. The number of likely N-dealkylation sites (N-methyl/N-ethyl adjacent to an activating group) is 1. The third kappa shape index (κ3) is 3.42. The molecule has 0 bridgehead atoms. The smallest absolute Gasteiger partial charge is 0.332 e. The summed E-state index contributed by atoms with van der Waals surface area (Å²) in [5, 5.41) is 8.92. The van der Waals surface area contributed by atoms with Gasteiger partial charge in [0.2, 0.25) is 0 Å². The summed E-state index contributed by atoms with van der Waals surface area (Å²) < 4.78 is 5.31. The first-order valence-electron chi connectivity index (χ1n) is 7.16. The predicted molar refractivity (Wildman–Crippen MR) is 79.5 cm³/mol. The molecule has 1 heterocycles. The van der Waals surface area contributed by atoms with Crippen LogP contribution in [0.25, 0.3) is 0 Å². The van der Waals surface area contributed by atoms with E-state index in [1.54, 1.807) is 11.9 Å². The zero-order valence-corrected chi connectivity index (χ0v) is 12.6. The molecule has 0 radical (unpaired) electrons. The minimum atomic E-state index is -1.00. The first-order valence-corrected chi connectivity index (χ1v) is 7.16. The third-order valence-electron chi connectivity index (χ3n) is 3.83. The second kappa shape index (κ2) is 6.26. The number of carboxylic acid groups (broad SMARTS) is 1. The maximum atomic E-state index is 12.4. The molecular weight excluding hydrogens is 270 g/mol. The zero-order chi connectivity index (χ0) is 15.6. The summed E-state index contributed by atoms with van der Waals surface area (Å²) in [6.45, 7) is 4.19. The lowest BCUT2D eigenvalue weighted by atomic mass is 10.0. The van der Waals surface area contributed by atoms with Crippen LogP contribution in [0.3, 0.4) is 0 Å². The standard InChI is InChI=1S/C16H21NO4/c1-10(2)11-5-4-6-12(9-11)17(3)15(18)13-7-8-14(21-13)16(19)20/h4-6,9-10,13-14H,7-8H2,1-3H3,(H,19,20)/t13-,14+/m0/s1. The van der Waals surface area contributed by atoms with Crippen LogP contribution in [0, 0.1) is 0 Å². The van der Waals surface area contributed by atoms with Crippen molar-refractivity contribution in [3.8, 4) is 0 Å². The van der Waals surface area contributed by atoms with Gasteiger partial charge in [-0.25, -0.2) is 4.79 Å². The van der Waals surface area contributed by atoms with E-state index in [-0.39, 0.29) is 5.91 Å². The summed E-state index contributed by atoms with van der Waals surface area (Å²) in [6.07, 6.45) is -0.705. The van der Waals surface area contributed by atoms with Crippen LogP contribution in [-0.4, -0.2) is 36.2 Å². The lowest BCUT2D eigenvalue weighted by molar-refractivity contribution is -0.151. The highest BCUT2D eigenvalue weighted by molar-refractivity contribution is 5.96. The Morgan fingerprint density at radius 2 is 1.95 bits per heavy atom. The van der Waals surface area contributed by atoms with Crippen LogP contribution < -0.4 is 4.90 Å². The summed E-state index contributed by atoms with van der Waals surface area (Å²) in [6, 6.07) is 7.79. The normalized spacial score (nSPS) is 21.5. The highest BCUT2D eigenvalue weighted by Gasteiger charge is 2.36. The fraction of sp³-hybridized carbons (Fsp3) is 0.500. The van der Waals surface area contributed by atoms with E-state index in [9.17, 15) is 9.59 Å². The lowest BCUT2D eigenvalue weighted by Gasteiger charge is -2.22. The molecule has 2 rings (SSSR count). The second-order valence-corrected chi connectivity index (χ2v) is 5.68. The number of ether oxygens (including phenoxy) is 1. The van der Waals surface area contributed by atoms with E-state index in [0.29, 0.717) is 18.8 Å². The van der Waals surface area contributed by atoms with Gasteiger partial charge in [-0.1, -0.05) is 26.0 Å². The van der Waals surface area contributed by atoms with Gasteiger partial charge in [0.25, 0.3) is 5.91 Å². The van der Waals surface area contributed by atoms with Gasteiger partial charge >= 0.3 is 5.97 Å². The van der Waals surface area contributed by atoms with Crippen molar-refractivity contribution in [2.45, 2.75) is 44.8 Å². The van der Waals surface area contributed by atoms with Crippen LogP contribution in [-0.2, 0) is 14.3 Å². The van der Waals surface area contributed by atoms with Crippen LogP contribution in [0.4, 0.5) is 5.69 Å². The van der Waals surface area contributed by atoms with Crippen molar-refractivity contribution in [2.75, 3.05) is 11.9 Å². The SMILES string of the molecule is CC(C)c1cccc(N(C)C(=O)[C@@H]2CC[C@H](C(=O)O)O2)c1. The minimum absolute atomic E-state index is 0.195. The molecule has 1 aliphatic rings. The topological polar surface area (TPSA) is 66.8 Å². The number of hydrogen-bond donors (Lipinski definition) is 1. The van der Waals surface area contributed by atoms with Crippen molar-refractivity contribution in [3.05, 3.63) is 29.8 Å². The third-order valence-corrected chi connectivity index (χ3v) is 3.83. The number of amides is 1. The number of carbonyl (C=O) groups excluding carboxylic acids is 1. The van der Waals surface area contributed by atoms with E-state index in [0.717, 1.165) is 11.3 Å². The van der Waals surface area contributed by atoms with Crippen molar-refractivity contribution in [2.24, 2.45) is 0 Å². The first kappa shape index (κ1) is 15.5. The van der Waals surface area contributed by atoms with Crippen molar-refractivity contribution >= 4 is 17.6 Å². The number of nitrogens with zero attached hydrogens (tertiary/aromatic N) is 1. The molecule has 5 heteroatoms. The van der Waals surface area contributed by atoms with Crippen LogP contribution in [0.1, 0.15) is 38.2 Å². The number of aliphatic carboxylic acids is 1. The molecule has 1 aliphatic heterocycles. The zero-order valence-electron chi connectivity index (χ0n) is 12.6. The van der Waals surface area contributed by atoms with Crippen molar-refractivity contribution < 1.29 is 19.4 Å². The van der Waals surface area contributed by atoms with Gasteiger partial charge in [0.05, 0.1) is 0 Å². The van der Waals surface area contributed by atoms with Gasteiger partial charge < -0.3 is 14.7 Å². The number of carbonyl (C=O) groups is 2. The summed E-state index contributed by atoms with van der Waals surface area (Å²) in [5.74, 6) is -0.818. The average molecular weight is 291 g/mol. The van der Waals surface area contributed by atoms with Gasteiger partial charge in [-0.15, -0.1) is 0 Å². The van der Waals surface area contributed by atoms with E-state index in [1.165, 1.54) is 0 Å². The van der Waals surface area contributed by atoms with Gasteiger partial charge in [0.15, 0.2) is 6.10 Å². The molecular formula is C16H21NO4. The monoisotopic (exact) mass is 291 g/mol. The average Bonchev–Trinajstić information content (AvgIpc) is 2.95. The molecule has 1 saturated heterocycles. The summed E-state index contributed by atoms with van der Waals surface area (Å²) in [7, 11) is 1.69. The Morgan fingerprint density at radius 1 is 1.29 bits per heavy atom. The maximum absolute atomic E-state index is 12.4. The molecule has 1 amide bonds. The number of anilines is 1. The van der Waals surface area contributed by atoms with Crippen LogP contribution in [0.15, 0.2) is 24.3 Å². The molecule has 1 fully saturated rings. The molecule has 21 heavy (non-hydrogen) atoms. The van der Waals surface area contributed by atoms with E-state index in [4.69, 9.17) is 9.84 Å². The Kier molecular flexibility index (Phi) is 4.63. The van der Waals surface area contributed by atoms with E-state index in [2.05, 4.69) is 13.8 Å². The predicted octanol–water partition coefficient (Wildman–Crippen LogP) is 2.41. The lowest BCUT2D eigenvalue weighted by Crippen LogP contribution is -2.37. The maximum Gasteiger partial charge on any atom is 0.332 e. The van der Waals surface area contributed by atoms with Crippen molar-refractivity contribution in [1.29, 1.82) is 0 Å². The highest BCUT2D eigenvalue weighted by atomic mass is 16.5. The van der Waals surface area contributed by atoms with Crippen molar-refractivity contribution in [1.82, 2.24) is 0 Å². The van der Waals surface area contributed by atoms with E-state index >= 15 is 0 Å². The van der Waals surface area contributed by atoms with Gasteiger partial charge in [-0.2, -0.15) is 0 Å². The molecule has 2 atom stereocenters. The molecule has 0 aromatic heterocycles. The van der Waals surface area contributed by atoms with Crippen molar-refractivity contribution in [3.63, 3.8) is 0 Å². The number of benzene rings is 1. The van der Waals surface area contributed by atoms with Gasteiger partial charge in [0.1, 0.15) is 6.10 Å². The fourth-order valence-electron chi connectivity index (χ4n) is 2.44. The van der Waals surface area contributed by atoms with Crippen LogP contribution >= 0.6 is 0 Å². The van der Waals surface area contributed by atoms with Gasteiger partial charge in [-0.05, 0) is 36.5 Å². The number of rotatable bonds is 4. The summed E-state index contributed by atoms with van der Waals surface area (Å²) in [4.78, 5) is 24.8. The van der Waals surface area contributed by atoms with E-state index in [1.807, 2.05) is 24.3 Å². The Hall–Kier alpha value is -1.88. The van der Waals surface area contributed by atoms with E-state index < -0.39 is 18.2 Å². The molecule has 0 saturated carbocycles. The molecule has 0 aliphatic carbocycles. The number of carboxylic acids is 1. The molecule has 0 unspecified atom stereocenters. The Morgan fingerprint density at radius 3 is 2.52 bits per heavy atom. The summed E-state index contributed by atoms with van der Waals surface area (Å²) in [5.41, 5.74) is 1.96. The second-order valence-electron chi connectivity index (χ2n) is 5.68. The van der Waals surface area contributed by atoms with Crippen LogP contribution in [0.2, 0.25) is 0 Å². The summed E-state index contributed by atoms with van der Waals surface area (Å²) >= 11 is 0. The van der Waals surface area contributed by atoms with Crippen LogP contribution in [0.5, 0.6) is 0 Å². The molecule has 1 N–H and O–H groups in total. The first-order chi connectivity index (χ1) is 9.90. The molecule has 114 valence electrons. The molecule has 1 aromatic carbocycles.